The molecule has 204 valence electrons. The Labute approximate surface area is 237 Å². The van der Waals surface area contributed by atoms with Gasteiger partial charge in [0, 0.05) is 28.1 Å². The van der Waals surface area contributed by atoms with E-state index in [0.29, 0.717) is 23.5 Å². The van der Waals surface area contributed by atoms with Gasteiger partial charge in [-0.2, -0.15) is 0 Å². The molecule has 0 aliphatic carbocycles. The zero-order valence-corrected chi connectivity index (χ0v) is 23.4. The molecule has 1 aliphatic rings. The van der Waals surface area contributed by atoms with Gasteiger partial charge in [-0.1, -0.05) is 83.0 Å². The van der Waals surface area contributed by atoms with Crippen LogP contribution in [-0.4, -0.2) is 65.0 Å². The van der Waals surface area contributed by atoms with Crippen molar-refractivity contribution in [1.29, 1.82) is 0 Å². The summed E-state index contributed by atoms with van der Waals surface area (Å²) in [5, 5.41) is 23.2. The summed E-state index contributed by atoms with van der Waals surface area (Å²) in [4.78, 5) is 32.7. The Morgan fingerprint density at radius 2 is 1.59 bits per heavy atom. The van der Waals surface area contributed by atoms with Crippen LogP contribution in [0.25, 0.3) is 0 Å². The summed E-state index contributed by atoms with van der Waals surface area (Å²) in [6, 6.07) is 23.0. The number of carbonyl (C=O) groups excluding carboxylic acids is 1. The molecule has 0 aromatic heterocycles. The predicted molar refractivity (Wildman–Crippen MR) is 157 cm³/mol. The highest BCUT2D eigenvalue weighted by Gasteiger charge is 2.30. The third-order valence-electron chi connectivity index (χ3n) is 6.96. The number of carboxylic acids is 1. The fourth-order valence-corrected chi connectivity index (χ4v) is 5.28. The number of nitrogens with one attached hydrogen (secondary N) is 1. The topological polar surface area (TPSA) is 102 Å². The number of aliphatic imine (C=N–C) groups is 1. The first-order chi connectivity index (χ1) is 19.0. The maximum absolute atomic E-state index is 13.0. The van der Waals surface area contributed by atoms with E-state index in [4.69, 9.17) is 4.99 Å². The van der Waals surface area contributed by atoms with E-state index < -0.39 is 17.9 Å². The SMILES string of the molecule is O=C(CN1CCCCC1)Nc1ccccc1C(=N[C@H](C(=O)O)[C@@H](CCO)c1ccc(Br)cc1)c1ccccc1. The number of aliphatic carboxylic acids is 1. The molecule has 3 aromatic carbocycles. The van der Waals surface area contributed by atoms with Gasteiger partial charge in [0.05, 0.1) is 17.9 Å². The van der Waals surface area contributed by atoms with Gasteiger partial charge in [0.15, 0.2) is 6.04 Å². The molecule has 0 radical (unpaired) electrons. The molecule has 3 aromatic rings. The van der Waals surface area contributed by atoms with Gasteiger partial charge in [0.25, 0.3) is 0 Å². The minimum atomic E-state index is -1.16. The second kappa shape index (κ2) is 14.2. The minimum absolute atomic E-state index is 0.112. The van der Waals surface area contributed by atoms with Gasteiger partial charge in [0.1, 0.15) is 0 Å². The first kappa shape index (κ1) is 28.7. The molecule has 0 bridgehead atoms. The Morgan fingerprint density at radius 3 is 2.26 bits per heavy atom. The van der Waals surface area contributed by atoms with Crippen LogP contribution in [0.4, 0.5) is 5.69 Å². The van der Waals surface area contributed by atoms with Crippen molar-refractivity contribution in [2.24, 2.45) is 4.99 Å². The van der Waals surface area contributed by atoms with E-state index in [1.54, 1.807) is 0 Å². The number of carboxylic acid groups (broad SMARTS) is 1. The molecule has 39 heavy (non-hydrogen) atoms. The summed E-state index contributed by atoms with van der Waals surface area (Å²) in [7, 11) is 0. The number of nitrogens with zero attached hydrogens (tertiary/aromatic N) is 2. The lowest BCUT2D eigenvalue weighted by Crippen LogP contribution is -2.37. The molecule has 3 N–H and O–H groups in total. The van der Waals surface area contributed by atoms with E-state index in [1.165, 1.54) is 6.42 Å². The number of aliphatic hydroxyl groups excluding tert-OH is 1. The first-order valence-electron chi connectivity index (χ1n) is 13.3. The number of hydrogen-bond acceptors (Lipinski definition) is 5. The zero-order valence-electron chi connectivity index (χ0n) is 21.8. The summed E-state index contributed by atoms with van der Waals surface area (Å²) in [6.45, 7) is 1.96. The molecule has 8 heteroatoms. The van der Waals surface area contributed by atoms with Crippen molar-refractivity contribution in [3.05, 3.63) is 100 Å². The number of piperidine rings is 1. The zero-order chi connectivity index (χ0) is 27.6. The van der Waals surface area contributed by atoms with E-state index in [9.17, 15) is 19.8 Å². The molecule has 1 aliphatic heterocycles. The van der Waals surface area contributed by atoms with Gasteiger partial charge in [-0.15, -0.1) is 0 Å². The third-order valence-corrected chi connectivity index (χ3v) is 7.49. The maximum atomic E-state index is 13.0. The van der Waals surface area contributed by atoms with E-state index in [1.807, 2.05) is 78.9 Å². The van der Waals surface area contributed by atoms with Gasteiger partial charge >= 0.3 is 5.97 Å². The van der Waals surface area contributed by atoms with Crippen LogP contribution >= 0.6 is 15.9 Å². The largest absolute Gasteiger partial charge is 0.480 e. The molecule has 0 unspecified atom stereocenters. The van der Waals surface area contributed by atoms with Crippen LogP contribution < -0.4 is 5.32 Å². The fourth-order valence-electron chi connectivity index (χ4n) is 5.02. The monoisotopic (exact) mass is 591 g/mol. The number of likely N-dealkylation sites (tertiary alicyclic amines) is 1. The number of hydrogen-bond donors (Lipinski definition) is 3. The molecule has 1 heterocycles. The fraction of sp³-hybridized carbons (Fsp3) is 0.323. The number of benzene rings is 3. The summed E-state index contributed by atoms with van der Waals surface area (Å²) in [6.07, 6.45) is 3.62. The summed E-state index contributed by atoms with van der Waals surface area (Å²) >= 11 is 3.43. The molecule has 0 spiro atoms. The molecule has 1 amide bonds. The number of para-hydroxylation sites is 1. The van der Waals surface area contributed by atoms with Crippen LogP contribution in [0.15, 0.2) is 88.3 Å². The Bertz CT molecular complexity index is 1270. The third kappa shape index (κ3) is 7.85. The Balaban J connectivity index is 1.74. The molecular formula is C31H34BrN3O4. The van der Waals surface area contributed by atoms with Gasteiger partial charge < -0.3 is 15.5 Å². The van der Waals surface area contributed by atoms with Gasteiger partial charge in [-0.25, -0.2) is 4.79 Å². The van der Waals surface area contributed by atoms with E-state index in [2.05, 4.69) is 26.1 Å². The van der Waals surface area contributed by atoms with Crippen LogP contribution in [0.5, 0.6) is 0 Å². The number of carbonyl (C=O) groups is 2. The molecule has 4 rings (SSSR count). The molecule has 2 atom stereocenters. The molecule has 0 saturated carbocycles. The normalized spacial score (nSPS) is 15.9. The Hall–Kier alpha value is -3.33. The van der Waals surface area contributed by atoms with Crippen molar-refractivity contribution in [1.82, 2.24) is 4.90 Å². The van der Waals surface area contributed by atoms with Gasteiger partial charge in [-0.3, -0.25) is 14.7 Å². The van der Waals surface area contributed by atoms with Gasteiger partial charge in [-0.05, 0) is 56.1 Å². The van der Waals surface area contributed by atoms with Crippen LogP contribution in [-0.2, 0) is 9.59 Å². The smallest absolute Gasteiger partial charge is 0.329 e. The Kier molecular flexibility index (Phi) is 10.4. The molecule has 1 fully saturated rings. The lowest BCUT2D eigenvalue weighted by molar-refractivity contribution is -0.139. The van der Waals surface area contributed by atoms with Crippen molar-refractivity contribution in [2.75, 3.05) is 31.6 Å². The second-order valence-electron chi connectivity index (χ2n) is 9.73. The number of halogens is 1. The molecule has 1 saturated heterocycles. The van der Waals surface area contributed by atoms with Crippen LogP contribution in [0, 0.1) is 0 Å². The lowest BCUT2D eigenvalue weighted by atomic mass is 9.88. The highest BCUT2D eigenvalue weighted by atomic mass is 79.9. The summed E-state index contributed by atoms with van der Waals surface area (Å²) in [5.41, 5.74) is 3.20. The average Bonchev–Trinajstić information content (AvgIpc) is 2.95. The number of amides is 1. The lowest BCUT2D eigenvalue weighted by Gasteiger charge is -2.26. The van der Waals surface area contributed by atoms with Crippen molar-refractivity contribution in [2.45, 2.75) is 37.6 Å². The predicted octanol–water partition coefficient (Wildman–Crippen LogP) is 5.33. The maximum Gasteiger partial charge on any atom is 0.329 e. The van der Waals surface area contributed by atoms with Crippen molar-refractivity contribution in [3.8, 4) is 0 Å². The summed E-state index contributed by atoms with van der Waals surface area (Å²) in [5.74, 6) is -1.75. The number of anilines is 1. The van der Waals surface area contributed by atoms with E-state index in [-0.39, 0.29) is 18.9 Å². The van der Waals surface area contributed by atoms with Crippen molar-refractivity contribution >= 4 is 39.2 Å². The minimum Gasteiger partial charge on any atom is -0.480 e. The Morgan fingerprint density at radius 1 is 0.923 bits per heavy atom. The quantitative estimate of drug-likeness (QED) is 0.262. The van der Waals surface area contributed by atoms with Crippen molar-refractivity contribution in [3.63, 3.8) is 0 Å². The van der Waals surface area contributed by atoms with Crippen LogP contribution in [0.3, 0.4) is 0 Å². The number of aliphatic hydroxyl groups is 1. The average molecular weight is 593 g/mol. The molecule has 7 nitrogen and oxygen atoms in total. The number of rotatable bonds is 11. The first-order valence-corrected chi connectivity index (χ1v) is 14.1. The van der Waals surface area contributed by atoms with Crippen LogP contribution in [0.2, 0.25) is 0 Å². The van der Waals surface area contributed by atoms with Crippen LogP contribution in [0.1, 0.15) is 48.3 Å². The highest BCUT2D eigenvalue weighted by Crippen LogP contribution is 2.30. The van der Waals surface area contributed by atoms with E-state index >= 15 is 0 Å². The highest BCUT2D eigenvalue weighted by molar-refractivity contribution is 9.10. The van der Waals surface area contributed by atoms with Crippen molar-refractivity contribution < 1.29 is 19.8 Å². The van der Waals surface area contributed by atoms with E-state index in [0.717, 1.165) is 41.5 Å². The summed E-state index contributed by atoms with van der Waals surface area (Å²) < 4.78 is 0.878. The second-order valence-corrected chi connectivity index (χ2v) is 10.6. The standard InChI is InChI=1S/C31H34BrN3O4/c32-24-15-13-22(14-16-24)25(17-20-36)30(31(38)39)34-29(23-9-3-1-4-10-23)26-11-5-6-12-27(26)33-28(37)21-35-18-7-2-8-19-35/h1,3-6,9-16,25,30,36H,2,7-8,17-21H2,(H,33,37)(H,38,39)/t25-,30-/m0/s1. The molecular weight excluding hydrogens is 558 g/mol. The van der Waals surface area contributed by atoms with Gasteiger partial charge in [0.2, 0.25) is 5.91 Å².